The topological polar surface area (TPSA) is 3.24 Å². The molecule has 0 spiro atoms. The summed E-state index contributed by atoms with van der Waals surface area (Å²) in [7, 11) is 3.25. The maximum absolute atomic E-state index is 13.6. The van der Waals surface area contributed by atoms with Crippen LogP contribution in [0, 0.1) is 23.3 Å². The largest absolute Gasteiger partial charge is 0.252 e. The Kier molecular flexibility index (Phi) is 3.36. The van der Waals surface area contributed by atoms with Crippen LogP contribution >= 0.6 is 11.9 Å². The summed E-state index contributed by atoms with van der Waals surface area (Å²) in [5.41, 5.74) is -0.0277. The van der Waals surface area contributed by atoms with E-state index < -0.39 is 23.3 Å². The molecule has 1 aromatic rings. The third kappa shape index (κ3) is 2.28. The van der Waals surface area contributed by atoms with Gasteiger partial charge in [0.05, 0.1) is 4.90 Å². The van der Waals surface area contributed by atoms with E-state index in [4.69, 9.17) is 0 Å². The average molecular weight is 265 g/mol. The van der Waals surface area contributed by atoms with Crippen LogP contribution in [0.25, 0.3) is 0 Å². The number of halogens is 4. The lowest BCUT2D eigenvalue weighted by Gasteiger charge is -2.15. The van der Waals surface area contributed by atoms with Gasteiger partial charge in [-0.3, -0.25) is 4.31 Å². The third-order valence-corrected chi connectivity index (χ3v) is 3.46. The summed E-state index contributed by atoms with van der Waals surface area (Å²) in [5, 5.41) is 0. The van der Waals surface area contributed by atoms with E-state index >= 15 is 0 Å². The molecule has 0 heterocycles. The summed E-state index contributed by atoms with van der Waals surface area (Å²) < 4.78 is 55.1. The summed E-state index contributed by atoms with van der Waals surface area (Å²) in [6.07, 6.45) is 1.37. The highest BCUT2D eigenvalue weighted by molar-refractivity contribution is 7.97. The molecule has 1 fully saturated rings. The lowest BCUT2D eigenvalue weighted by atomic mass is 10.1. The quantitative estimate of drug-likeness (QED) is 0.355. The lowest BCUT2D eigenvalue weighted by molar-refractivity contribution is 0.391. The smallest absolute Gasteiger partial charge is 0.198 e. The Labute approximate surface area is 101 Å². The molecule has 0 bridgehead atoms. The minimum atomic E-state index is -1.74. The van der Waals surface area contributed by atoms with Gasteiger partial charge in [0.15, 0.2) is 23.3 Å². The van der Waals surface area contributed by atoms with Crippen molar-refractivity contribution in [2.75, 3.05) is 14.1 Å². The van der Waals surface area contributed by atoms with E-state index in [1.54, 1.807) is 14.1 Å². The van der Waals surface area contributed by atoms with Gasteiger partial charge in [-0.05, 0) is 44.8 Å². The second-order valence-corrected chi connectivity index (χ2v) is 5.50. The van der Waals surface area contributed by atoms with Gasteiger partial charge in [-0.2, -0.15) is 0 Å². The number of hydrogen-bond acceptors (Lipinski definition) is 2. The first-order valence-electron chi connectivity index (χ1n) is 5.14. The van der Waals surface area contributed by atoms with Gasteiger partial charge in [0.1, 0.15) is 0 Å². The number of nitrogens with zero attached hydrogens (tertiary/aromatic N) is 1. The molecule has 0 amide bonds. The molecule has 0 atom stereocenters. The highest BCUT2D eigenvalue weighted by atomic mass is 32.2. The van der Waals surface area contributed by atoms with E-state index in [0.29, 0.717) is 12.8 Å². The first kappa shape index (κ1) is 12.7. The van der Waals surface area contributed by atoms with Crippen molar-refractivity contribution in [2.24, 2.45) is 0 Å². The van der Waals surface area contributed by atoms with Crippen molar-refractivity contribution >= 4 is 11.9 Å². The van der Waals surface area contributed by atoms with Crippen molar-refractivity contribution in [3.63, 3.8) is 0 Å². The van der Waals surface area contributed by atoms with Crippen molar-refractivity contribution in [3.05, 3.63) is 28.8 Å². The zero-order valence-corrected chi connectivity index (χ0v) is 10.2. The normalized spacial score (nSPS) is 15.7. The summed E-state index contributed by atoms with van der Waals surface area (Å²) in [4.78, 5) is -0.145. The van der Waals surface area contributed by atoms with E-state index in [2.05, 4.69) is 0 Å². The standard InChI is InChI=1S/C11H11F4NS/c1-16(2)17-11-6(5-3-4-5)7(12)8(13)9(14)10(11)15/h5H,3-4H2,1-2H3. The maximum Gasteiger partial charge on any atom is 0.198 e. The number of hydrogen-bond donors (Lipinski definition) is 0. The molecule has 0 aliphatic heterocycles. The first-order valence-corrected chi connectivity index (χ1v) is 5.92. The van der Waals surface area contributed by atoms with Gasteiger partial charge in [0.2, 0.25) is 0 Å². The highest BCUT2D eigenvalue weighted by Gasteiger charge is 2.35. The Bertz CT molecular complexity index is 458. The van der Waals surface area contributed by atoms with Crippen LogP contribution in [0.1, 0.15) is 24.3 Å². The van der Waals surface area contributed by atoms with Gasteiger partial charge in [-0.15, -0.1) is 0 Å². The van der Waals surface area contributed by atoms with E-state index in [0.717, 1.165) is 11.9 Å². The van der Waals surface area contributed by atoms with Gasteiger partial charge >= 0.3 is 0 Å². The van der Waals surface area contributed by atoms with Crippen LogP contribution in [0.5, 0.6) is 0 Å². The molecule has 1 aromatic carbocycles. The number of benzene rings is 1. The maximum atomic E-state index is 13.6. The SMILES string of the molecule is CN(C)Sc1c(F)c(F)c(F)c(F)c1C1CC1. The van der Waals surface area contributed by atoms with E-state index in [9.17, 15) is 17.6 Å². The van der Waals surface area contributed by atoms with Crippen molar-refractivity contribution < 1.29 is 17.6 Å². The molecule has 0 saturated heterocycles. The fourth-order valence-electron chi connectivity index (χ4n) is 1.64. The zero-order chi connectivity index (χ0) is 12.7. The summed E-state index contributed by atoms with van der Waals surface area (Å²) in [5.74, 6) is -6.20. The molecular weight excluding hydrogens is 254 g/mol. The van der Waals surface area contributed by atoms with Gasteiger partial charge in [0.25, 0.3) is 0 Å². The molecule has 0 unspecified atom stereocenters. The molecule has 1 nitrogen and oxygen atoms in total. The van der Waals surface area contributed by atoms with Crippen LogP contribution in [0.3, 0.4) is 0 Å². The van der Waals surface area contributed by atoms with Crippen LogP contribution in [0.15, 0.2) is 4.90 Å². The second-order valence-electron chi connectivity index (χ2n) is 4.18. The van der Waals surface area contributed by atoms with Gasteiger partial charge in [-0.1, -0.05) is 0 Å². The molecule has 2 rings (SSSR count). The summed E-state index contributed by atoms with van der Waals surface area (Å²) >= 11 is 0.869. The molecule has 1 aliphatic carbocycles. The van der Waals surface area contributed by atoms with E-state index in [1.807, 2.05) is 0 Å². The summed E-state index contributed by atoms with van der Waals surface area (Å²) in [6, 6.07) is 0. The summed E-state index contributed by atoms with van der Waals surface area (Å²) in [6.45, 7) is 0. The number of rotatable bonds is 3. The molecule has 0 radical (unpaired) electrons. The van der Waals surface area contributed by atoms with E-state index in [1.165, 1.54) is 4.31 Å². The fourth-order valence-corrected chi connectivity index (χ4v) is 2.53. The van der Waals surface area contributed by atoms with Crippen molar-refractivity contribution in [1.82, 2.24) is 4.31 Å². The molecule has 17 heavy (non-hydrogen) atoms. The predicted molar refractivity (Wildman–Crippen MR) is 57.8 cm³/mol. The van der Waals surface area contributed by atoms with Crippen LogP contribution in [0.4, 0.5) is 17.6 Å². The first-order chi connectivity index (χ1) is 7.93. The van der Waals surface area contributed by atoms with Gasteiger partial charge in [-0.25, -0.2) is 17.6 Å². The Balaban J connectivity index is 2.60. The molecule has 0 N–H and O–H groups in total. The average Bonchev–Trinajstić information content (AvgIpc) is 3.07. The Morgan fingerprint density at radius 2 is 1.47 bits per heavy atom. The van der Waals surface area contributed by atoms with Gasteiger partial charge < -0.3 is 0 Å². The lowest BCUT2D eigenvalue weighted by Crippen LogP contribution is -2.08. The van der Waals surface area contributed by atoms with Crippen LogP contribution in [-0.2, 0) is 0 Å². The van der Waals surface area contributed by atoms with Crippen LogP contribution < -0.4 is 0 Å². The molecule has 94 valence electrons. The predicted octanol–water partition coefficient (Wildman–Crippen LogP) is 3.69. The van der Waals surface area contributed by atoms with Crippen LogP contribution in [0.2, 0.25) is 0 Å². The fraction of sp³-hybridized carbons (Fsp3) is 0.455. The minimum Gasteiger partial charge on any atom is -0.252 e. The zero-order valence-electron chi connectivity index (χ0n) is 9.36. The third-order valence-electron chi connectivity index (χ3n) is 2.52. The minimum absolute atomic E-state index is 0.0277. The van der Waals surface area contributed by atoms with E-state index in [-0.39, 0.29) is 16.4 Å². The van der Waals surface area contributed by atoms with Gasteiger partial charge in [0, 0.05) is 5.56 Å². The molecular formula is C11H11F4NS. The van der Waals surface area contributed by atoms with Crippen molar-refractivity contribution in [2.45, 2.75) is 23.7 Å². The Hall–Kier alpha value is -0.750. The highest BCUT2D eigenvalue weighted by Crippen LogP contribution is 2.47. The molecule has 1 saturated carbocycles. The van der Waals surface area contributed by atoms with Crippen molar-refractivity contribution in [3.8, 4) is 0 Å². The Morgan fingerprint density at radius 3 is 1.94 bits per heavy atom. The molecule has 6 heteroatoms. The molecule has 1 aliphatic rings. The van der Waals surface area contributed by atoms with Crippen molar-refractivity contribution in [1.29, 1.82) is 0 Å². The van der Waals surface area contributed by atoms with Crippen LogP contribution in [-0.4, -0.2) is 18.4 Å². The molecule has 0 aromatic heterocycles. The Morgan fingerprint density at radius 1 is 0.941 bits per heavy atom. The monoisotopic (exact) mass is 265 g/mol. The second kappa shape index (κ2) is 4.49.